The van der Waals surface area contributed by atoms with E-state index >= 15 is 0 Å². The fourth-order valence-corrected chi connectivity index (χ4v) is 4.69. The molecular weight excluding hydrogens is 544 g/mol. The number of anilines is 3. The fraction of sp³-hybridized carbons (Fsp3) is 0.400. The minimum absolute atomic E-state index is 0.290. The summed E-state index contributed by atoms with van der Waals surface area (Å²) < 4.78 is 18.2. The van der Waals surface area contributed by atoms with Crippen LogP contribution in [-0.2, 0) is 6.42 Å². The second-order valence-electron chi connectivity index (χ2n) is 8.59. The van der Waals surface area contributed by atoms with E-state index in [1.54, 1.807) is 13.2 Å². The number of halogens is 4. The molecule has 0 radical (unpaired) electrons. The summed E-state index contributed by atoms with van der Waals surface area (Å²) in [6.07, 6.45) is 1.03. The van der Waals surface area contributed by atoms with Crippen molar-refractivity contribution < 1.29 is 9.13 Å². The maximum absolute atomic E-state index is 13.2. The van der Waals surface area contributed by atoms with Gasteiger partial charge < -0.3 is 20.7 Å². The summed E-state index contributed by atoms with van der Waals surface area (Å²) in [4.78, 5) is 0. The number of aryl methyl sites for hydroxylation is 4. The standard InChI is InChI=1S/C11H16ClN.C10H14ClNO.C9H11ClFN/c1-4-9-6-8(3)11(13-5-2)10(12)7-9;1-4-12-10-7(2)5-8(13-3)6-9(10)11;1-3-12-9-6(2)4-7(10)5-8(9)11/h6-7,13H,4-5H2,1-3H3;5-6,12H,4H2,1-3H3;4-5,12H,3H2,1-2H3. The Morgan fingerprint density at radius 1 is 0.658 bits per heavy atom. The average molecular weight is 585 g/mol. The number of methoxy groups -OCH3 is 1. The first kappa shape index (κ1) is 33.7. The predicted octanol–water partition coefficient (Wildman–Crippen LogP) is 9.95. The zero-order chi connectivity index (χ0) is 28.8. The molecule has 8 heteroatoms. The first-order valence-electron chi connectivity index (χ1n) is 12.8. The molecule has 0 aliphatic heterocycles. The third-order valence-electron chi connectivity index (χ3n) is 5.56. The first-order chi connectivity index (χ1) is 18.0. The van der Waals surface area contributed by atoms with Crippen LogP contribution in [0.3, 0.4) is 0 Å². The number of nitrogens with one attached hydrogen (secondary N) is 3. The van der Waals surface area contributed by atoms with Crippen molar-refractivity contribution in [2.24, 2.45) is 0 Å². The highest BCUT2D eigenvalue weighted by Crippen LogP contribution is 2.30. The van der Waals surface area contributed by atoms with Crippen molar-refractivity contribution >= 4 is 51.9 Å². The minimum atomic E-state index is -0.290. The molecule has 3 rings (SSSR count). The lowest BCUT2D eigenvalue weighted by Gasteiger charge is -2.11. The Morgan fingerprint density at radius 3 is 1.55 bits per heavy atom. The van der Waals surface area contributed by atoms with Gasteiger partial charge >= 0.3 is 0 Å². The Hall–Kier alpha value is -2.34. The fourth-order valence-electron chi connectivity index (χ4n) is 3.75. The van der Waals surface area contributed by atoms with Gasteiger partial charge in [-0.1, -0.05) is 47.8 Å². The van der Waals surface area contributed by atoms with Gasteiger partial charge in [-0.2, -0.15) is 0 Å². The normalized spacial score (nSPS) is 10.0. The molecule has 3 aromatic carbocycles. The van der Waals surface area contributed by atoms with Crippen LogP contribution in [0.15, 0.2) is 36.4 Å². The van der Waals surface area contributed by atoms with Crippen LogP contribution in [0.2, 0.25) is 15.1 Å². The Bertz CT molecular complexity index is 1040. The van der Waals surface area contributed by atoms with Crippen LogP contribution >= 0.6 is 34.8 Å². The van der Waals surface area contributed by atoms with E-state index < -0.39 is 0 Å². The van der Waals surface area contributed by atoms with E-state index in [0.29, 0.717) is 22.3 Å². The number of ether oxygens (including phenoxy) is 1. The van der Waals surface area contributed by atoms with E-state index in [0.717, 1.165) is 52.8 Å². The van der Waals surface area contributed by atoms with E-state index in [1.807, 2.05) is 45.9 Å². The summed E-state index contributed by atoms with van der Waals surface area (Å²) in [5.41, 5.74) is 7.07. The van der Waals surface area contributed by atoms with Gasteiger partial charge in [0, 0.05) is 30.7 Å². The zero-order valence-corrected chi connectivity index (χ0v) is 26.0. The van der Waals surface area contributed by atoms with Crippen molar-refractivity contribution in [3.8, 4) is 5.75 Å². The van der Waals surface area contributed by atoms with E-state index in [2.05, 4.69) is 42.8 Å². The van der Waals surface area contributed by atoms with Crippen LogP contribution in [0, 0.1) is 26.6 Å². The van der Waals surface area contributed by atoms with Crippen LogP contribution < -0.4 is 20.7 Å². The van der Waals surface area contributed by atoms with E-state index in [-0.39, 0.29) is 5.82 Å². The second kappa shape index (κ2) is 17.3. The van der Waals surface area contributed by atoms with Crippen molar-refractivity contribution in [3.63, 3.8) is 0 Å². The van der Waals surface area contributed by atoms with E-state index in [1.165, 1.54) is 17.2 Å². The topological polar surface area (TPSA) is 45.3 Å². The molecule has 0 spiro atoms. The highest BCUT2D eigenvalue weighted by atomic mass is 35.5. The minimum Gasteiger partial charge on any atom is -0.497 e. The van der Waals surface area contributed by atoms with Gasteiger partial charge in [-0.05, 0) is 94.5 Å². The van der Waals surface area contributed by atoms with Crippen LogP contribution in [-0.4, -0.2) is 26.7 Å². The Balaban J connectivity index is 0.000000285. The van der Waals surface area contributed by atoms with Crippen molar-refractivity contribution in [1.29, 1.82) is 0 Å². The van der Waals surface area contributed by atoms with Gasteiger partial charge in [0.1, 0.15) is 11.6 Å². The maximum Gasteiger partial charge on any atom is 0.148 e. The summed E-state index contributed by atoms with van der Waals surface area (Å²) in [7, 11) is 1.64. The molecule has 0 unspecified atom stereocenters. The summed E-state index contributed by atoms with van der Waals surface area (Å²) in [5, 5.41) is 11.4. The molecule has 0 aliphatic rings. The molecule has 0 aliphatic carbocycles. The average Bonchev–Trinajstić information content (AvgIpc) is 2.86. The van der Waals surface area contributed by atoms with Crippen LogP contribution in [0.5, 0.6) is 5.75 Å². The van der Waals surface area contributed by atoms with Gasteiger partial charge in [0.15, 0.2) is 0 Å². The molecule has 0 saturated carbocycles. The lowest BCUT2D eigenvalue weighted by Crippen LogP contribution is -2.01. The SMILES string of the molecule is CCNc1c(C)cc(CC)cc1Cl.CCNc1c(C)cc(Cl)cc1F.CCNc1c(C)cc(OC)cc1Cl. The molecule has 0 aromatic heterocycles. The van der Waals surface area contributed by atoms with E-state index in [9.17, 15) is 4.39 Å². The summed E-state index contributed by atoms with van der Waals surface area (Å²) in [6.45, 7) is 16.6. The number of hydrogen-bond acceptors (Lipinski definition) is 4. The largest absolute Gasteiger partial charge is 0.497 e. The first-order valence-corrected chi connectivity index (χ1v) is 14.0. The van der Waals surface area contributed by atoms with Gasteiger partial charge in [0.05, 0.1) is 34.2 Å². The van der Waals surface area contributed by atoms with Gasteiger partial charge in [0.25, 0.3) is 0 Å². The van der Waals surface area contributed by atoms with Gasteiger partial charge in [-0.25, -0.2) is 4.39 Å². The van der Waals surface area contributed by atoms with Crippen LogP contribution in [0.4, 0.5) is 21.5 Å². The highest BCUT2D eigenvalue weighted by molar-refractivity contribution is 6.34. The molecular formula is C30H41Cl3FN3O. The summed E-state index contributed by atoms with van der Waals surface area (Å²) >= 11 is 17.8. The number of benzene rings is 3. The molecule has 0 atom stereocenters. The van der Waals surface area contributed by atoms with Gasteiger partial charge in [-0.3, -0.25) is 0 Å². The molecule has 3 N–H and O–H groups in total. The van der Waals surface area contributed by atoms with Gasteiger partial charge in [-0.15, -0.1) is 0 Å². The second-order valence-corrected chi connectivity index (χ2v) is 9.85. The van der Waals surface area contributed by atoms with Gasteiger partial charge in [0.2, 0.25) is 0 Å². The molecule has 0 fully saturated rings. The summed E-state index contributed by atoms with van der Waals surface area (Å²) in [5.74, 6) is 0.506. The van der Waals surface area contributed by atoms with E-state index in [4.69, 9.17) is 39.5 Å². The molecule has 210 valence electrons. The Morgan fingerprint density at radius 2 is 1.13 bits per heavy atom. The molecule has 0 saturated heterocycles. The highest BCUT2D eigenvalue weighted by Gasteiger charge is 2.07. The van der Waals surface area contributed by atoms with Crippen molar-refractivity contribution in [2.75, 3.05) is 42.7 Å². The lowest BCUT2D eigenvalue weighted by molar-refractivity contribution is 0.414. The molecule has 3 aromatic rings. The Labute approximate surface area is 243 Å². The van der Waals surface area contributed by atoms with Crippen LogP contribution in [0.25, 0.3) is 0 Å². The lowest BCUT2D eigenvalue weighted by atomic mass is 10.1. The number of rotatable bonds is 8. The zero-order valence-electron chi connectivity index (χ0n) is 23.7. The molecule has 0 amide bonds. The van der Waals surface area contributed by atoms with Crippen molar-refractivity contribution in [3.05, 3.63) is 79.5 Å². The van der Waals surface area contributed by atoms with Crippen molar-refractivity contribution in [2.45, 2.75) is 54.9 Å². The molecule has 0 heterocycles. The smallest absolute Gasteiger partial charge is 0.148 e. The third kappa shape index (κ3) is 10.4. The molecule has 0 bridgehead atoms. The molecule has 38 heavy (non-hydrogen) atoms. The Kier molecular flexibility index (Phi) is 15.3. The van der Waals surface area contributed by atoms with Crippen molar-refractivity contribution in [1.82, 2.24) is 0 Å². The molecule has 4 nitrogen and oxygen atoms in total. The van der Waals surface area contributed by atoms with Crippen LogP contribution in [0.1, 0.15) is 49.9 Å². The monoisotopic (exact) mass is 583 g/mol. The quantitative estimate of drug-likeness (QED) is 0.246. The maximum atomic E-state index is 13.2. The third-order valence-corrected chi connectivity index (χ3v) is 6.38. The number of hydrogen-bond donors (Lipinski definition) is 3. The summed E-state index contributed by atoms with van der Waals surface area (Å²) in [6, 6.07) is 11.0. The predicted molar refractivity (Wildman–Crippen MR) is 167 cm³/mol.